The highest BCUT2D eigenvalue weighted by Crippen LogP contribution is 2.40. The molecule has 6 rings (SSSR count). The monoisotopic (exact) mass is 533 g/mol. The number of rotatable bonds is 6. The van der Waals surface area contributed by atoms with E-state index in [4.69, 9.17) is 21.1 Å². The summed E-state index contributed by atoms with van der Waals surface area (Å²) in [6.07, 6.45) is 7.47. The fraction of sp³-hybridized carbons (Fsp3) is 0.250. The zero-order valence-electron chi connectivity index (χ0n) is 20.4. The molecule has 3 heterocycles. The molecule has 0 spiro atoms. The van der Waals surface area contributed by atoms with Crippen molar-refractivity contribution in [1.29, 1.82) is 0 Å². The van der Waals surface area contributed by atoms with Crippen LogP contribution in [-0.4, -0.2) is 50.0 Å². The van der Waals surface area contributed by atoms with Crippen molar-refractivity contribution in [3.63, 3.8) is 0 Å². The number of amides is 1. The Morgan fingerprint density at radius 3 is 2.84 bits per heavy atom. The molecule has 0 bridgehead atoms. The van der Waals surface area contributed by atoms with Crippen molar-refractivity contribution in [2.75, 3.05) is 13.2 Å². The number of allylic oxidation sites excluding steroid dienone is 2. The zero-order chi connectivity index (χ0) is 26.1. The highest BCUT2D eigenvalue weighted by Gasteiger charge is 2.36. The van der Waals surface area contributed by atoms with E-state index >= 15 is 0 Å². The highest BCUT2D eigenvalue weighted by atomic mass is 35.5. The molecule has 2 aromatic heterocycles. The summed E-state index contributed by atoms with van der Waals surface area (Å²) >= 11 is 6.30. The first kappa shape index (κ1) is 24.2. The van der Waals surface area contributed by atoms with E-state index in [2.05, 4.69) is 15.1 Å². The number of carbonyl (C=O) groups is 1. The summed E-state index contributed by atoms with van der Waals surface area (Å²) in [6.45, 7) is 1.49. The van der Waals surface area contributed by atoms with Crippen molar-refractivity contribution in [2.45, 2.75) is 31.5 Å². The van der Waals surface area contributed by atoms with Gasteiger partial charge in [0, 0.05) is 34.6 Å². The van der Waals surface area contributed by atoms with Crippen LogP contribution in [-0.2, 0) is 17.7 Å². The average Bonchev–Trinajstić information content (AvgIpc) is 3.57. The van der Waals surface area contributed by atoms with Gasteiger partial charge in [0.2, 0.25) is 0 Å². The lowest BCUT2D eigenvalue weighted by molar-refractivity contribution is 0.0687. The van der Waals surface area contributed by atoms with Crippen LogP contribution in [0.1, 0.15) is 29.3 Å². The minimum Gasteiger partial charge on any atom is -0.492 e. The highest BCUT2D eigenvalue weighted by molar-refractivity contribution is 6.31. The van der Waals surface area contributed by atoms with E-state index in [0.29, 0.717) is 43.3 Å². The van der Waals surface area contributed by atoms with Gasteiger partial charge in [0.1, 0.15) is 43.0 Å². The second-order valence-electron chi connectivity index (χ2n) is 9.24. The molecule has 2 aliphatic rings. The van der Waals surface area contributed by atoms with Crippen LogP contribution in [0.25, 0.3) is 10.9 Å². The van der Waals surface area contributed by atoms with Crippen LogP contribution in [0.3, 0.4) is 0 Å². The molecule has 1 N–H and O–H groups in total. The summed E-state index contributed by atoms with van der Waals surface area (Å²) < 4.78 is 26.7. The predicted molar refractivity (Wildman–Crippen MR) is 141 cm³/mol. The maximum atomic E-state index is 13.4. The van der Waals surface area contributed by atoms with Crippen LogP contribution in [0.15, 0.2) is 79.2 Å². The van der Waals surface area contributed by atoms with Crippen LogP contribution < -0.4 is 4.74 Å². The van der Waals surface area contributed by atoms with Gasteiger partial charge in [-0.2, -0.15) is 5.10 Å². The van der Waals surface area contributed by atoms with E-state index in [9.17, 15) is 9.18 Å². The smallest absolute Gasteiger partial charge is 0.411 e. The van der Waals surface area contributed by atoms with Gasteiger partial charge in [0.05, 0.1) is 6.54 Å². The molecule has 1 aliphatic carbocycles. The number of benzene rings is 2. The fourth-order valence-corrected chi connectivity index (χ4v) is 5.19. The number of aromatic nitrogens is 4. The van der Waals surface area contributed by atoms with Crippen LogP contribution >= 0.6 is 11.6 Å². The number of H-pyrrole nitrogens is 1. The van der Waals surface area contributed by atoms with Crippen molar-refractivity contribution < 1.29 is 18.7 Å². The number of hydrogen-bond acceptors (Lipinski definition) is 5. The Labute approximate surface area is 223 Å². The van der Waals surface area contributed by atoms with Gasteiger partial charge >= 0.3 is 6.09 Å². The van der Waals surface area contributed by atoms with Gasteiger partial charge in [-0.1, -0.05) is 23.7 Å². The van der Waals surface area contributed by atoms with Crippen LogP contribution in [0.5, 0.6) is 5.75 Å². The number of halogens is 2. The Morgan fingerprint density at radius 2 is 2.08 bits per heavy atom. The number of hydrogen-bond donors (Lipinski definition) is 1. The molecule has 2 aromatic carbocycles. The molecule has 1 aliphatic heterocycles. The molecule has 8 nitrogen and oxygen atoms in total. The Morgan fingerprint density at radius 1 is 1.21 bits per heavy atom. The number of carbonyl (C=O) groups excluding carboxylic acids is 1. The van der Waals surface area contributed by atoms with Gasteiger partial charge in [0.25, 0.3) is 0 Å². The summed E-state index contributed by atoms with van der Waals surface area (Å²) in [5.41, 5.74) is 3.93. The normalized spacial score (nSPS) is 18.8. The minimum atomic E-state index is -0.508. The van der Waals surface area contributed by atoms with Gasteiger partial charge in [-0.25, -0.2) is 18.9 Å². The third-order valence-electron chi connectivity index (χ3n) is 6.84. The molecule has 2 unspecified atom stereocenters. The van der Waals surface area contributed by atoms with Crippen molar-refractivity contribution >= 4 is 28.6 Å². The quantitative estimate of drug-likeness (QED) is 0.341. The zero-order valence-corrected chi connectivity index (χ0v) is 21.1. The second-order valence-corrected chi connectivity index (χ2v) is 9.67. The van der Waals surface area contributed by atoms with Gasteiger partial charge in [-0.3, -0.25) is 4.90 Å². The molecule has 0 fully saturated rings. The van der Waals surface area contributed by atoms with E-state index < -0.39 is 18.2 Å². The number of aromatic amines is 1. The SMILES string of the molecule is O=C(OC1C=CC(F)=CC1)N1CCc2c([nH]c3ccc(Cl)cc23)C1c1ccc(OCCn2cncn2)cc1. The predicted octanol–water partition coefficient (Wildman–Crippen LogP) is 5.76. The van der Waals surface area contributed by atoms with E-state index in [1.165, 1.54) is 18.5 Å². The van der Waals surface area contributed by atoms with E-state index in [1.807, 2.05) is 42.5 Å². The summed E-state index contributed by atoms with van der Waals surface area (Å²) in [6, 6.07) is 13.1. The maximum absolute atomic E-state index is 13.4. The molecule has 38 heavy (non-hydrogen) atoms. The summed E-state index contributed by atoms with van der Waals surface area (Å²) in [4.78, 5) is 22.6. The molecular formula is C28H25ClFN5O3. The van der Waals surface area contributed by atoms with Crippen LogP contribution in [0.4, 0.5) is 9.18 Å². The standard InChI is InChI=1S/C28H25ClFN5O3/c29-19-3-10-25-24(15-19)23-11-12-35(28(36)38-22-8-4-20(30)5-9-22)27(26(23)33-25)18-1-6-21(7-2-18)37-14-13-34-17-31-16-32-34/h1-8,10,15-17,22,27,33H,9,11-14H2. The third-order valence-corrected chi connectivity index (χ3v) is 7.08. The molecule has 194 valence electrons. The third kappa shape index (κ3) is 4.89. The lowest BCUT2D eigenvalue weighted by Gasteiger charge is -2.36. The lowest BCUT2D eigenvalue weighted by atomic mass is 9.92. The Kier molecular flexibility index (Phi) is 6.59. The molecular weight excluding hydrogens is 509 g/mol. The van der Waals surface area contributed by atoms with Gasteiger partial charge < -0.3 is 14.5 Å². The van der Waals surface area contributed by atoms with Gasteiger partial charge in [-0.05, 0) is 66.1 Å². The van der Waals surface area contributed by atoms with Gasteiger partial charge in [0.15, 0.2) is 0 Å². The second kappa shape index (κ2) is 10.3. The maximum Gasteiger partial charge on any atom is 0.411 e. The number of fused-ring (bicyclic) bond motifs is 3. The summed E-state index contributed by atoms with van der Waals surface area (Å²) in [5, 5.41) is 5.79. The average molecular weight is 534 g/mol. The number of ether oxygens (including phenoxy) is 2. The topological polar surface area (TPSA) is 85.3 Å². The Balaban J connectivity index is 1.28. The lowest BCUT2D eigenvalue weighted by Crippen LogP contribution is -2.42. The molecule has 1 amide bonds. The summed E-state index contributed by atoms with van der Waals surface area (Å²) in [7, 11) is 0. The summed E-state index contributed by atoms with van der Waals surface area (Å²) in [5.74, 6) is 0.390. The first-order valence-corrected chi connectivity index (χ1v) is 12.8. The Bertz CT molecular complexity index is 1510. The van der Waals surface area contributed by atoms with Crippen molar-refractivity contribution in [3.05, 3.63) is 101 Å². The molecule has 0 radical (unpaired) electrons. The van der Waals surface area contributed by atoms with E-state index in [0.717, 1.165) is 27.7 Å². The van der Waals surface area contributed by atoms with Crippen molar-refractivity contribution in [3.8, 4) is 5.75 Å². The van der Waals surface area contributed by atoms with Crippen LogP contribution in [0, 0.1) is 0 Å². The molecule has 10 heteroatoms. The van der Waals surface area contributed by atoms with Gasteiger partial charge in [-0.15, -0.1) is 0 Å². The molecule has 4 aromatic rings. The largest absolute Gasteiger partial charge is 0.492 e. The van der Waals surface area contributed by atoms with E-state index in [-0.39, 0.29) is 5.83 Å². The first-order chi connectivity index (χ1) is 18.5. The van der Waals surface area contributed by atoms with Crippen molar-refractivity contribution in [2.24, 2.45) is 0 Å². The van der Waals surface area contributed by atoms with Crippen molar-refractivity contribution in [1.82, 2.24) is 24.6 Å². The number of nitrogens with zero attached hydrogens (tertiary/aromatic N) is 4. The Hall–Kier alpha value is -4.11. The minimum absolute atomic E-state index is 0.309. The molecule has 2 atom stereocenters. The molecule has 0 saturated carbocycles. The van der Waals surface area contributed by atoms with E-state index in [1.54, 1.807) is 22.0 Å². The first-order valence-electron chi connectivity index (χ1n) is 12.4. The fourth-order valence-electron chi connectivity index (χ4n) is 5.01. The number of nitrogens with one attached hydrogen (secondary N) is 1. The van der Waals surface area contributed by atoms with Crippen LogP contribution in [0.2, 0.25) is 5.02 Å². The molecule has 0 saturated heterocycles.